The summed E-state index contributed by atoms with van der Waals surface area (Å²) in [5.74, 6) is -0.494. The number of benzene rings is 1. The summed E-state index contributed by atoms with van der Waals surface area (Å²) in [5, 5.41) is 5.21. The molecule has 11 heteroatoms. The number of nitrogens with two attached hydrogens (primary N) is 1. The second-order valence-corrected chi connectivity index (χ2v) is 6.60. The van der Waals surface area contributed by atoms with E-state index < -0.39 is 11.5 Å². The minimum absolute atomic E-state index is 0.0162. The molecule has 0 saturated carbocycles. The van der Waals surface area contributed by atoms with Crippen LogP contribution in [0, 0.1) is 0 Å². The van der Waals surface area contributed by atoms with E-state index in [2.05, 4.69) is 20.6 Å². The average Bonchev–Trinajstić information content (AvgIpc) is 3.24. The number of hydrogen-bond acceptors (Lipinski definition) is 8. The minimum atomic E-state index is -0.645. The van der Waals surface area contributed by atoms with Crippen molar-refractivity contribution in [3.05, 3.63) is 58.8 Å². The molecule has 0 aliphatic heterocycles. The lowest BCUT2D eigenvalue weighted by atomic mass is 10.3. The number of rotatable bonds is 7. The van der Waals surface area contributed by atoms with Gasteiger partial charge in [-0.1, -0.05) is 17.8 Å². The molecule has 0 unspecified atom stereocenters. The zero-order valence-electron chi connectivity index (χ0n) is 15.2. The molecule has 0 radical (unpaired) electrons. The van der Waals surface area contributed by atoms with E-state index in [1.165, 1.54) is 25.5 Å². The van der Waals surface area contributed by atoms with Gasteiger partial charge in [0.05, 0.1) is 19.1 Å². The fourth-order valence-electron chi connectivity index (χ4n) is 2.27. The molecule has 0 aliphatic rings. The Morgan fingerprint density at radius 1 is 1.28 bits per heavy atom. The number of nitrogen functional groups attached to an aromatic ring is 1. The van der Waals surface area contributed by atoms with Crippen molar-refractivity contribution >= 4 is 40.8 Å². The number of methoxy groups -OCH3 is 1. The molecule has 10 nitrogen and oxygen atoms in total. The third kappa shape index (κ3) is 5.17. The molecule has 2 aromatic heterocycles. The predicted octanol–water partition coefficient (Wildman–Crippen LogP) is 1.94. The molecule has 0 spiro atoms. The quantitative estimate of drug-likeness (QED) is 0.337. The summed E-state index contributed by atoms with van der Waals surface area (Å²) in [6, 6.07) is 9.89. The number of nitrogens with one attached hydrogen (secondary N) is 3. The Kier molecular flexibility index (Phi) is 6.19. The molecule has 0 bridgehead atoms. The molecule has 150 valence electrons. The van der Waals surface area contributed by atoms with Crippen LogP contribution in [0.1, 0.15) is 10.6 Å². The maximum absolute atomic E-state index is 12.2. The molecule has 0 aliphatic carbocycles. The van der Waals surface area contributed by atoms with Gasteiger partial charge in [-0.25, -0.2) is 4.98 Å². The van der Waals surface area contributed by atoms with Gasteiger partial charge in [0, 0.05) is 11.8 Å². The number of aromatic nitrogens is 2. The van der Waals surface area contributed by atoms with E-state index in [-0.39, 0.29) is 34.1 Å². The first-order chi connectivity index (χ1) is 14.0. The van der Waals surface area contributed by atoms with Crippen LogP contribution in [0.5, 0.6) is 5.75 Å². The molecule has 2 heterocycles. The summed E-state index contributed by atoms with van der Waals surface area (Å²) in [6.45, 7) is 0. The molecular formula is C18H17N5O5S. The Bertz CT molecular complexity index is 1080. The smallest absolute Gasteiger partial charge is 0.291 e. The standard InChI is InChI=1S/C18H17N5O5S/c1-27-11-5-2-4-10(8-11)20-13(24)9-29-18-22-15(19)14(17(26)23-18)21-16(25)12-6-3-7-28-12/h2-8H,9H2,1H3,(H,20,24)(H,21,25)(H3,19,22,23,26). The highest BCUT2D eigenvalue weighted by Crippen LogP contribution is 2.19. The number of H-pyrrole nitrogens is 1. The van der Waals surface area contributed by atoms with Crippen molar-refractivity contribution in [2.75, 3.05) is 29.2 Å². The van der Waals surface area contributed by atoms with Gasteiger partial charge in [-0.3, -0.25) is 19.4 Å². The Labute approximate surface area is 168 Å². The van der Waals surface area contributed by atoms with Gasteiger partial charge in [-0.05, 0) is 24.3 Å². The van der Waals surface area contributed by atoms with Crippen molar-refractivity contribution in [3.63, 3.8) is 0 Å². The van der Waals surface area contributed by atoms with Crippen molar-refractivity contribution < 1.29 is 18.7 Å². The molecule has 3 aromatic rings. The monoisotopic (exact) mass is 415 g/mol. The first-order valence-electron chi connectivity index (χ1n) is 8.27. The number of amides is 2. The zero-order valence-corrected chi connectivity index (χ0v) is 16.0. The lowest BCUT2D eigenvalue weighted by Gasteiger charge is -2.08. The second kappa shape index (κ2) is 8.97. The summed E-state index contributed by atoms with van der Waals surface area (Å²) in [6.07, 6.45) is 1.33. The molecule has 29 heavy (non-hydrogen) atoms. The highest BCUT2D eigenvalue weighted by atomic mass is 32.2. The largest absolute Gasteiger partial charge is 0.497 e. The molecule has 5 N–H and O–H groups in total. The number of thioether (sulfide) groups is 1. The van der Waals surface area contributed by atoms with E-state index in [1.807, 2.05) is 0 Å². The number of aromatic amines is 1. The molecule has 1 aromatic carbocycles. The Hall–Kier alpha value is -3.73. The summed E-state index contributed by atoms with van der Waals surface area (Å²) in [5.41, 5.74) is 5.51. The van der Waals surface area contributed by atoms with E-state index in [1.54, 1.807) is 24.3 Å². The van der Waals surface area contributed by atoms with Crippen LogP contribution in [0.25, 0.3) is 0 Å². The van der Waals surface area contributed by atoms with Gasteiger partial charge in [-0.2, -0.15) is 0 Å². The van der Waals surface area contributed by atoms with Crippen molar-refractivity contribution in [1.29, 1.82) is 0 Å². The zero-order chi connectivity index (χ0) is 20.8. The highest BCUT2D eigenvalue weighted by molar-refractivity contribution is 7.99. The first kappa shape index (κ1) is 20.0. The second-order valence-electron chi connectivity index (χ2n) is 5.63. The number of anilines is 3. The number of furan rings is 1. The molecule has 0 fully saturated rings. The Balaban J connectivity index is 1.62. The molecule has 3 rings (SSSR count). The lowest BCUT2D eigenvalue weighted by Crippen LogP contribution is -2.23. The van der Waals surface area contributed by atoms with Gasteiger partial charge < -0.3 is 25.5 Å². The average molecular weight is 415 g/mol. The minimum Gasteiger partial charge on any atom is -0.497 e. The van der Waals surface area contributed by atoms with Crippen LogP contribution in [0.15, 0.2) is 57.0 Å². The van der Waals surface area contributed by atoms with Crippen LogP contribution in [0.4, 0.5) is 17.2 Å². The van der Waals surface area contributed by atoms with Crippen LogP contribution in [0.2, 0.25) is 0 Å². The maximum Gasteiger partial charge on any atom is 0.291 e. The van der Waals surface area contributed by atoms with Crippen molar-refractivity contribution in [2.24, 2.45) is 0 Å². The molecule has 2 amide bonds. The van der Waals surface area contributed by atoms with Gasteiger partial charge >= 0.3 is 0 Å². The third-order valence-electron chi connectivity index (χ3n) is 3.60. The topological polar surface area (TPSA) is 152 Å². The number of carbonyl (C=O) groups is 2. The maximum atomic E-state index is 12.2. The Morgan fingerprint density at radius 2 is 2.10 bits per heavy atom. The summed E-state index contributed by atoms with van der Waals surface area (Å²) in [4.78, 5) is 42.8. The molecule has 0 atom stereocenters. The number of hydrogen-bond donors (Lipinski definition) is 4. The summed E-state index contributed by atoms with van der Waals surface area (Å²) >= 11 is 0.990. The van der Waals surface area contributed by atoms with Gasteiger partial charge in [0.2, 0.25) is 5.91 Å². The lowest BCUT2D eigenvalue weighted by molar-refractivity contribution is -0.113. The van der Waals surface area contributed by atoms with E-state index in [0.29, 0.717) is 11.4 Å². The molecular weight excluding hydrogens is 398 g/mol. The SMILES string of the molecule is COc1cccc(NC(=O)CSc2nc(N)c(NC(=O)c3ccco3)c(=O)[nH]2)c1. The van der Waals surface area contributed by atoms with Gasteiger partial charge in [0.1, 0.15) is 5.75 Å². The van der Waals surface area contributed by atoms with E-state index in [0.717, 1.165) is 11.8 Å². The fraction of sp³-hybridized carbons (Fsp3) is 0.111. The third-order valence-corrected chi connectivity index (χ3v) is 4.48. The van der Waals surface area contributed by atoms with Crippen molar-refractivity contribution in [1.82, 2.24) is 9.97 Å². The van der Waals surface area contributed by atoms with Gasteiger partial charge in [0.15, 0.2) is 22.4 Å². The first-order valence-corrected chi connectivity index (χ1v) is 9.26. The van der Waals surface area contributed by atoms with Crippen LogP contribution in [-0.4, -0.2) is 34.6 Å². The summed E-state index contributed by atoms with van der Waals surface area (Å²) < 4.78 is 10.1. The van der Waals surface area contributed by atoms with Crippen LogP contribution >= 0.6 is 11.8 Å². The van der Waals surface area contributed by atoms with Crippen LogP contribution in [0.3, 0.4) is 0 Å². The Morgan fingerprint density at radius 3 is 2.79 bits per heavy atom. The van der Waals surface area contributed by atoms with Crippen LogP contribution in [-0.2, 0) is 4.79 Å². The fourth-order valence-corrected chi connectivity index (χ4v) is 2.94. The van der Waals surface area contributed by atoms with E-state index >= 15 is 0 Å². The summed E-state index contributed by atoms with van der Waals surface area (Å²) in [7, 11) is 1.53. The van der Waals surface area contributed by atoms with Gasteiger partial charge in [-0.15, -0.1) is 0 Å². The predicted molar refractivity (Wildman–Crippen MR) is 108 cm³/mol. The normalized spacial score (nSPS) is 10.4. The van der Waals surface area contributed by atoms with Crippen molar-refractivity contribution in [3.8, 4) is 5.75 Å². The molecule has 0 saturated heterocycles. The highest BCUT2D eigenvalue weighted by Gasteiger charge is 2.16. The van der Waals surface area contributed by atoms with E-state index in [4.69, 9.17) is 14.9 Å². The van der Waals surface area contributed by atoms with E-state index in [9.17, 15) is 14.4 Å². The number of carbonyl (C=O) groups excluding carboxylic acids is 2. The number of ether oxygens (including phenoxy) is 1. The van der Waals surface area contributed by atoms with Crippen molar-refractivity contribution in [2.45, 2.75) is 5.16 Å². The van der Waals surface area contributed by atoms with Gasteiger partial charge in [0.25, 0.3) is 11.5 Å². The van der Waals surface area contributed by atoms with Crippen LogP contribution < -0.4 is 26.7 Å². The number of nitrogens with zero attached hydrogens (tertiary/aromatic N) is 1.